The molecule has 25 heavy (non-hydrogen) atoms. The Kier molecular flexibility index (Phi) is 3.72. The number of carbonyl (C=O) groups excluding carboxylic acids is 2. The highest BCUT2D eigenvalue weighted by Gasteiger charge is 2.19. The first-order valence-electron chi connectivity index (χ1n) is 8.16. The molecule has 6 nitrogen and oxygen atoms in total. The van der Waals surface area contributed by atoms with E-state index in [1.807, 2.05) is 24.3 Å². The predicted octanol–water partition coefficient (Wildman–Crippen LogP) is 2.49. The Morgan fingerprint density at radius 1 is 1.12 bits per heavy atom. The molecule has 1 heterocycles. The van der Waals surface area contributed by atoms with Crippen molar-refractivity contribution < 1.29 is 14.1 Å². The number of rotatable bonds is 3. The average molecular weight is 335 g/mol. The van der Waals surface area contributed by atoms with Crippen LogP contribution in [0, 0.1) is 6.92 Å². The highest BCUT2D eigenvalue weighted by Crippen LogP contribution is 2.34. The van der Waals surface area contributed by atoms with Crippen LogP contribution >= 0.6 is 0 Å². The first-order valence-corrected chi connectivity index (χ1v) is 8.16. The molecular weight excluding hydrogens is 318 g/mol. The number of hydrogen-bond donors (Lipinski definition) is 2. The summed E-state index contributed by atoms with van der Waals surface area (Å²) in [6.07, 6.45) is 2.03. The molecule has 1 aliphatic rings. The van der Waals surface area contributed by atoms with Crippen LogP contribution in [-0.2, 0) is 29.0 Å². The first kappa shape index (κ1) is 15.4. The van der Waals surface area contributed by atoms with Gasteiger partial charge in [0, 0.05) is 17.1 Å². The maximum atomic E-state index is 12.2. The van der Waals surface area contributed by atoms with Crippen LogP contribution in [0.4, 0.5) is 5.69 Å². The van der Waals surface area contributed by atoms with Crippen molar-refractivity contribution >= 4 is 28.3 Å². The van der Waals surface area contributed by atoms with Crippen LogP contribution in [0.15, 0.2) is 40.9 Å². The van der Waals surface area contributed by atoms with Crippen molar-refractivity contribution in [3.63, 3.8) is 0 Å². The summed E-state index contributed by atoms with van der Waals surface area (Å²) in [4.78, 5) is 24.2. The van der Waals surface area contributed by atoms with E-state index in [0.717, 1.165) is 18.2 Å². The zero-order chi connectivity index (χ0) is 17.4. The number of nitrogens with zero attached hydrogens (tertiary/aromatic N) is 1. The molecule has 2 amide bonds. The predicted molar refractivity (Wildman–Crippen MR) is 93.1 cm³/mol. The summed E-state index contributed by atoms with van der Waals surface area (Å²) in [5, 5.41) is 11.2. The monoisotopic (exact) mass is 335 g/mol. The average Bonchev–Trinajstić information content (AvgIpc) is 3.22. The molecule has 1 aromatic heterocycles. The van der Waals surface area contributed by atoms with Gasteiger partial charge in [0.25, 0.3) is 0 Å². The lowest BCUT2D eigenvalue weighted by Gasteiger charge is -2.10. The number of anilines is 1. The smallest absolute Gasteiger partial charge is 0.313 e. The van der Waals surface area contributed by atoms with Gasteiger partial charge in [-0.2, -0.15) is 0 Å². The zero-order valence-corrected chi connectivity index (χ0v) is 13.8. The van der Waals surface area contributed by atoms with Crippen LogP contribution in [0.25, 0.3) is 10.8 Å². The third-order valence-corrected chi connectivity index (χ3v) is 4.44. The van der Waals surface area contributed by atoms with Gasteiger partial charge in [-0.1, -0.05) is 29.4 Å². The minimum atomic E-state index is -0.705. The summed E-state index contributed by atoms with van der Waals surface area (Å²) in [5.41, 5.74) is 3.80. The van der Waals surface area contributed by atoms with E-state index in [1.54, 1.807) is 13.0 Å². The number of aryl methyl sites for hydroxylation is 3. The van der Waals surface area contributed by atoms with Crippen LogP contribution in [0.3, 0.4) is 0 Å². The van der Waals surface area contributed by atoms with Crippen LogP contribution in [-0.4, -0.2) is 17.0 Å². The van der Waals surface area contributed by atoms with Crippen molar-refractivity contribution in [2.45, 2.75) is 26.3 Å². The van der Waals surface area contributed by atoms with Gasteiger partial charge in [0.05, 0.1) is 6.54 Å². The van der Waals surface area contributed by atoms with E-state index >= 15 is 0 Å². The van der Waals surface area contributed by atoms with Crippen molar-refractivity contribution in [1.29, 1.82) is 0 Å². The quantitative estimate of drug-likeness (QED) is 0.720. The Bertz CT molecular complexity index is 980. The summed E-state index contributed by atoms with van der Waals surface area (Å²) in [6.45, 7) is 1.91. The lowest BCUT2D eigenvalue weighted by Crippen LogP contribution is -2.35. The molecule has 126 valence electrons. The van der Waals surface area contributed by atoms with Crippen molar-refractivity contribution in [3.8, 4) is 0 Å². The van der Waals surface area contributed by atoms with E-state index < -0.39 is 11.8 Å². The fourth-order valence-electron chi connectivity index (χ4n) is 3.29. The normalized spacial score (nSPS) is 12.4. The van der Waals surface area contributed by atoms with Crippen molar-refractivity contribution in [3.05, 3.63) is 59.0 Å². The van der Waals surface area contributed by atoms with E-state index in [1.165, 1.54) is 16.5 Å². The Balaban J connectivity index is 1.49. The summed E-state index contributed by atoms with van der Waals surface area (Å²) < 4.78 is 4.93. The molecule has 0 radical (unpaired) electrons. The number of carbonyl (C=O) groups is 2. The standard InChI is InChI=1S/C19H17N3O3/c1-11-9-14(22-25-11)10-20-18(23)19(24)21-16-8-7-13-6-5-12-3-2-4-15(16)17(12)13/h2-4,7-9H,5-6,10H2,1H3,(H,20,23)(H,21,24). The van der Waals surface area contributed by atoms with Gasteiger partial charge in [-0.25, -0.2) is 0 Å². The molecule has 0 atom stereocenters. The second-order valence-corrected chi connectivity index (χ2v) is 6.18. The highest BCUT2D eigenvalue weighted by molar-refractivity contribution is 6.40. The van der Waals surface area contributed by atoms with E-state index in [2.05, 4.69) is 21.9 Å². The van der Waals surface area contributed by atoms with E-state index in [4.69, 9.17) is 4.52 Å². The number of hydrogen-bond acceptors (Lipinski definition) is 4. The summed E-state index contributed by atoms with van der Waals surface area (Å²) in [7, 11) is 0. The number of amides is 2. The molecular formula is C19H17N3O3. The Morgan fingerprint density at radius 3 is 2.68 bits per heavy atom. The second-order valence-electron chi connectivity index (χ2n) is 6.18. The van der Waals surface area contributed by atoms with Gasteiger partial charge < -0.3 is 15.2 Å². The van der Waals surface area contributed by atoms with Crippen molar-refractivity contribution in [2.75, 3.05) is 5.32 Å². The van der Waals surface area contributed by atoms with Crippen LogP contribution in [0.5, 0.6) is 0 Å². The SMILES string of the molecule is Cc1cc(CNC(=O)C(=O)Nc2ccc3c4c(cccc24)CC3)no1. The maximum absolute atomic E-state index is 12.2. The van der Waals surface area contributed by atoms with E-state index in [-0.39, 0.29) is 6.54 Å². The molecule has 3 aromatic rings. The molecule has 2 N–H and O–H groups in total. The zero-order valence-electron chi connectivity index (χ0n) is 13.8. The molecule has 1 aliphatic carbocycles. The topological polar surface area (TPSA) is 84.2 Å². The molecule has 2 aromatic carbocycles. The summed E-state index contributed by atoms with van der Waals surface area (Å²) in [5.74, 6) is -0.746. The van der Waals surface area contributed by atoms with Gasteiger partial charge in [0.1, 0.15) is 11.5 Å². The van der Waals surface area contributed by atoms with Gasteiger partial charge in [-0.15, -0.1) is 0 Å². The molecule has 0 aliphatic heterocycles. The summed E-state index contributed by atoms with van der Waals surface area (Å²) >= 11 is 0. The lowest BCUT2D eigenvalue weighted by molar-refractivity contribution is -0.136. The molecule has 0 spiro atoms. The van der Waals surface area contributed by atoms with Crippen molar-refractivity contribution in [1.82, 2.24) is 10.5 Å². The van der Waals surface area contributed by atoms with Crippen LogP contribution in [0.1, 0.15) is 22.6 Å². The third-order valence-electron chi connectivity index (χ3n) is 4.44. The van der Waals surface area contributed by atoms with Gasteiger partial charge in [-0.3, -0.25) is 9.59 Å². The summed E-state index contributed by atoms with van der Waals surface area (Å²) in [6, 6.07) is 11.6. The molecule has 6 heteroatoms. The molecule has 4 rings (SSSR count). The highest BCUT2D eigenvalue weighted by atomic mass is 16.5. The van der Waals surface area contributed by atoms with Gasteiger partial charge in [0.2, 0.25) is 0 Å². The fraction of sp³-hybridized carbons (Fsp3) is 0.211. The molecule has 0 unspecified atom stereocenters. The number of benzene rings is 2. The Labute approximate surface area is 144 Å². The Hall–Kier alpha value is -3.15. The number of aromatic nitrogens is 1. The second kappa shape index (κ2) is 6.05. The third kappa shape index (κ3) is 2.87. The van der Waals surface area contributed by atoms with E-state index in [9.17, 15) is 9.59 Å². The molecule has 0 fully saturated rings. The fourth-order valence-corrected chi connectivity index (χ4v) is 3.29. The largest absolute Gasteiger partial charge is 0.361 e. The molecule has 0 saturated carbocycles. The lowest BCUT2D eigenvalue weighted by atomic mass is 10.0. The van der Waals surface area contributed by atoms with Crippen molar-refractivity contribution in [2.24, 2.45) is 0 Å². The molecule has 0 bridgehead atoms. The van der Waals surface area contributed by atoms with Crippen LogP contribution in [0.2, 0.25) is 0 Å². The minimum absolute atomic E-state index is 0.146. The van der Waals surface area contributed by atoms with Crippen LogP contribution < -0.4 is 10.6 Å². The molecule has 0 saturated heterocycles. The Morgan fingerprint density at radius 2 is 1.92 bits per heavy atom. The first-order chi connectivity index (χ1) is 12.1. The van der Waals surface area contributed by atoms with E-state index in [0.29, 0.717) is 17.1 Å². The number of nitrogens with one attached hydrogen (secondary N) is 2. The maximum Gasteiger partial charge on any atom is 0.313 e. The van der Waals surface area contributed by atoms with Gasteiger partial charge in [-0.05, 0) is 42.3 Å². The van der Waals surface area contributed by atoms with Gasteiger partial charge >= 0.3 is 11.8 Å². The van der Waals surface area contributed by atoms with Gasteiger partial charge in [0.15, 0.2) is 0 Å². The minimum Gasteiger partial charge on any atom is -0.361 e.